The Labute approximate surface area is 129 Å². The van der Waals surface area contributed by atoms with Crippen molar-refractivity contribution in [2.45, 2.75) is 45.7 Å². The van der Waals surface area contributed by atoms with E-state index in [-0.39, 0.29) is 36.8 Å². The Balaban J connectivity index is 0. The Morgan fingerprint density at radius 3 is 2.11 bits per heavy atom. The molecular formula is C13H29Cl2N3O. The number of nitrogens with zero attached hydrogens (tertiary/aromatic N) is 2. The maximum atomic E-state index is 12.0. The highest BCUT2D eigenvalue weighted by Gasteiger charge is 2.25. The van der Waals surface area contributed by atoms with Crippen LogP contribution in [0.5, 0.6) is 0 Å². The zero-order valence-corrected chi connectivity index (χ0v) is 14.1. The topological polar surface area (TPSA) is 49.6 Å². The van der Waals surface area contributed by atoms with Gasteiger partial charge in [-0.05, 0) is 46.6 Å². The molecule has 1 atom stereocenters. The molecule has 1 saturated heterocycles. The van der Waals surface area contributed by atoms with Crippen molar-refractivity contribution in [3.63, 3.8) is 0 Å². The van der Waals surface area contributed by atoms with E-state index in [1.165, 1.54) is 0 Å². The normalized spacial score (nSPS) is 17.9. The summed E-state index contributed by atoms with van der Waals surface area (Å²) in [7, 11) is 2.00. The van der Waals surface area contributed by atoms with Gasteiger partial charge in [-0.1, -0.05) is 0 Å². The van der Waals surface area contributed by atoms with Crippen LogP contribution in [-0.4, -0.2) is 54.5 Å². The zero-order chi connectivity index (χ0) is 13.0. The number of hydrogen-bond acceptors (Lipinski definition) is 3. The van der Waals surface area contributed by atoms with Gasteiger partial charge in [-0.2, -0.15) is 0 Å². The monoisotopic (exact) mass is 313 g/mol. The zero-order valence-electron chi connectivity index (χ0n) is 12.5. The van der Waals surface area contributed by atoms with Crippen molar-refractivity contribution in [1.29, 1.82) is 0 Å². The van der Waals surface area contributed by atoms with Gasteiger partial charge >= 0.3 is 0 Å². The lowest BCUT2D eigenvalue weighted by Gasteiger charge is -2.35. The smallest absolute Gasteiger partial charge is 0.236 e. The van der Waals surface area contributed by atoms with E-state index in [1.54, 1.807) is 0 Å². The maximum Gasteiger partial charge on any atom is 0.236 e. The van der Waals surface area contributed by atoms with E-state index in [2.05, 4.69) is 25.7 Å². The second kappa shape index (κ2) is 9.81. The number of carbonyl (C=O) groups excluding carboxylic acids is 1. The van der Waals surface area contributed by atoms with E-state index in [4.69, 9.17) is 5.73 Å². The second-order valence-electron chi connectivity index (χ2n) is 5.59. The fourth-order valence-electron chi connectivity index (χ4n) is 2.17. The number of likely N-dealkylation sites (tertiary alicyclic amines) is 1. The van der Waals surface area contributed by atoms with Crippen molar-refractivity contribution in [2.24, 2.45) is 11.7 Å². The highest BCUT2D eigenvalue weighted by atomic mass is 35.5. The Morgan fingerprint density at radius 2 is 1.74 bits per heavy atom. The quantitative estimate of drug-likeness (QED) is 0.860. The summed E-state index contributed by atoms with van der Waals surface area (Å²) in [5.74, 6) is 0.839. The molecular weight excluding hydrogens is 285 g/mol. The lowest BCUT2D eigenvalue weighted by atomic mass is 9.91. The standard InChI is InChI=1S/C13H27N3O.2ClH/c1-10(2)15(4)9-13(17)16-7-5-12(6-8-16)11(3)14;;/h10-12H,5-9,14H2,1-4H3;2*1H. The number of hydrogen-bond donors (Lipinski definition) is 1. The van der Waals surface area contributed by atoms with Crippen LogP contribution in [0, 0.1) is 5.92 Å². The SMILES string of the molecule is CC(N)C1CCN(C(=O)CN(C)C(C)C)CC1.Cl.Cl. The van der Waals surface area contributed by atoms with Crippen LogP contribution in [-0.2, 0) is 4.79 Å². The molecule has 116 valence electrons. The van der Waals surface area contributed by atoms with Gasteiger partial charge in [0.25, 0.3) is 0 Å². The van der Waals surface area contributed by atoms with Crippen molar-refractivity contribution >= 4 is 30.7 Å². The van der Waals surface area contributed by atoms with Crippen LogP contribution in [0.25, 0.3) is 0 Å². The molecule has 1 rings (SSSR count). The molecule has 6 heteroatoms. The number of likely N-dealkylation sites (N-methyl/N-ethyl adjacent to an activating group) is 1. The molecule has 0 radical (unpaired) electrons. The largest absolute Gasteiger partial charge is 0.342 e. The van der Waals surface area contributed by atoms with E-state index in [9.17, 15) is 4.79 Å². The summed E-state index contributed by atoms with van der Waals surface area (Å²) < 4.78 is 0. The summed E-state index contributed by atoms with van der Waals surface area (Å²) in [4.78, 5) is 16.1. The molecule has 1 unspecified atom stereocenters. The van der Waals surface area contributed by atoms with E-state index < -0.39 is 0 Å². The molecule has 0 aromatic rings. The number of piperidine rings is 1. The third-order valence-corrected chi connectivity index (χ3v) is 3.90. The third kappa shape index (κ3) is 6.80. The third-order valence-electron chi connectivity index (χ3n) is 3.90. The molecule has 0 aromatic heterocycles. The van der Waals surface area contributed by atoms with Gasteiger partial charge in [-0.3, -0.25) is 9.69 Å². The van der Waals surface area contributed by atoms with E-state index in [1.807, 2.05) is 11.9 Å². The first-order chi connectivity index (χ1) is 7.91. The van der Waals surface area contributed by atoms with Gasteiger partial charge < -0.3 is 10.6 Å². The number of amides is 1. The first kappa shape index (κ1) is 21.3. The van der Waals surface area contributed by atoms with Gasteiger partial charge in [0.1, 0.15) is 0 Å². The Kier molecular flexibility index (Phi) is 11.0. The minimum Gasteiger partial charge on any atom is -0.342 e. The molecule has 0 saturated carbocycles. The van der Waals surface area contributed by atoms with Crippen molar-refractivity contribution in [3.8, 4) is 0 Å². The molecule has 2 N–H and O–H groups in total. The van der Waals surface area contributed by atoms with Crippen LogP contribution in [0.3, 0.4) is 0 Å². The van der Waals surface area contributed by atoms with Crippen molar-refractivity contribution in [3.05, 3.63) is 0 Å². The molecule has 4 nitrogen and oxygen atoms in total. The van der Waals surface area contributed by atoms with Crippen molar-refractivity contribution < 1.29 is 4.79 Å². The highest BCUT2D eigenvalue weighted by Crippen LogP contribution is 2.19. The highest BCUT2D eigenvalue weighted by molar-refractivity contribution is 5.85. The second-order valence-corrected chi connectivity index (χ2v) is 5.59. The van der Waals surface area contributed by atoms with Gasteiger partial charge in [0, 0.05) is 25.2 Å². The predicted molar refractivity (Wildman–Crippen MR) is 85.2 cm³/mol. The first-order valence-electron chi connectivity index (χ1n) is 6.65. The molecule has 0 aliphatic carbocycles. The molecule has 0 spiro atoms. The van der Waals surface area contributed by atoms with Crippen LogP contribution in [0.4, 0.5) is 0 Å². The Morgan fingerprint density at radius 1 is 1.26 bits per heavy atom. The van der Waals surface area contributed by atoms with E-state index in [0.29, 0.717) is 18.5 Å². The average molecular weight is 314 g/mol. The molecule has 1 amide bonds. The summed E-state index contributed by atoms with van der Waals surface area (Å²) >= 11 is 0. The van der Waals surface area contributed by atoms with E-state index >= 15 is 0 Å². The number of nitrogens with two attached hydrogens (primary N) is 1. The number of halogens is 2. The van der Waals surface area contributed by atoms with Crippen LogP contribution in [0.2, 0.25) is 0 Å². The first-order valence-corrected chi connectivity index (χ1v) is 6.65. The molecule has 0 aromatic carbocycles. The summed E-state index contributed by atoms with van der Waals surface area (Å²) in [6.45, 7) is 8.55. The summed E-state index contributed by atoms with van der Waals surface area (Å²) in [5.41, 5.74) is 5.90. The van der Waals surface area contributed by atoms with Gasteiger partial charge in [0.15, 0.2) is 0 Å². The van der Waals surface area contributed by atoms with Gasteiger partial charge in [0.05, 0.1) is 6.54 Å². The van der Waals surface area contributed by atoms with Crippen molar-refractivity contribution in [2.75, 3.05) is 26.7 Å². The molecule has 1 fully saturated rings. The lowest BCUT2D eigenvalue weighted by molar-refractivity contribution is -0.134. The summed E-state index contributed by atoms with van der Waals surface area (Å²) in [6, 6.07) is 0.672. The van der Waals surface area contributed by atoms with Gasteiger partial charge in [0.2, 0.25) is 5.91 Å². The number of carbonyl (C=O) groups is 1. The van der Waals surface area contributed by atoms with Crippen LogP contribution in [0.1, 0.15) is 33.6 Å². The Hall–Kier alpha value is -0.0300. The number of rotatable bonds is 4. The molecule has 1 heterocycles. The fourth-order valence-corrected chi connectivity index (χ4v) is 2.17. The fraction of sp³-hybridized carbons (Fsp3) is 0.923. The molecule has 0 bridgehead atoms. The lowest BCUT2D eigenvalue weighted by Crippen LogP contribution is -2.46. The minimum atomic E-state index is 0. The van der Waals surface area contributed by atoms with E-state index in [0.717, 1.165) is 25.9 Å². The van der Waals surface area contributed by atoms with Crippen molar-refractivity contribution in [1.82, 2.24) is 9.80 Å². The minimum absolute atomic E-state index is 0. The van der Waals surface area contributed by atoms with Gasteiger partial charge in [-0.15, -0.1) is 24.8 Å². The van der Waals surface area contributed by atoms with Gasteiger partial charge in [-0.25, -0.2) is 0 Å². The predicted octanol–water partition coefficient (Wildman–Crippen LogP) is 1.76. The maximum absolute atomic E-state index is 12.0. The molecule has 1 aliphatic rings. The molecule has 1 aliphatic heterocycles. The van der Waals surface area contributed by atoms with Crippen LogP contribution in [0.15, 0.2) is 0 Å². The Bertz CT molecular complexity index is 254. The molecule has 19 heavy (non-hydrogen) atoms. The van der Waals surface area contributed by atoms with Crippen LogP contribution >= 0.6 is 24.8 Å². The summed E-state index contributed by atoms with van der Waals surface area (Å²) in [6.07, 6.45) is 2.10. The summed E-state index contributed by atoms with van der Waals surface area (Å²) in [5, 5.41) is 0. The van der Waals surface area contributed by atoms with Crippen LogP contribution < -0.4 is 5.73 Å². The average Bonchev–Trinajstić information content (AvgIpc) is 2.28.